The minimum atomic E-state index is 0.194. The Morgan fingerprint density at radius 3 is 2.59 bits per heavy atom. The van der Waals surface area contributed by atoms with Gasteiger partial charge in [0.1, 0.15) is 0 Å². The first-order chi connectivity index (χ1) is 8.15. The molecule has 98 valence electrons. The lowest BCUT2D eigenvalue weighted by Crippen LogP contribution is -2.47. The van der Waals surface area contributed by atoms with Crippen LogP contribution in [0.15, 0.2) is 0 Å². The summed E-state index contributed by atoms with van der Waals surface area (Å²) in [5.74, 6) is 0.841. The molecule has 0 radical (unpaired) electrons. The second kappa shape index (κ2) is 5.83. The fourth-order valence-corrected chi connectivity index (χ4v) is 2.93. The number of nitrogens with two attached hydrogens (primary N) is 1. The normalized spacial score (nSPS) is 31.6. The zero-order valence-corrected chi connectivity index (χ0v) is 10.8. The van der Waals surface area contributed by atoms with Crippen LogP contribution in [0.4, 0.5) is 0 Å². The molecule has 1 aliphatic heterocycles. The molecule has 1 saturated carbocycles. The van der Waals surface area contributed by atoms with Crippen molar-refractivity contribution in [2.75, 3.05) is 19.6 Å². The summed E-state index contributed by atoms with van der Waals surface area (Å²) in [6.45, 7) is 4.72. The van der Waals surface area contributed by atoms with E-state index >= 15 is 0 Å². The minimum Gasteiger partial charge on any atom is -0.352 e. The number of nitrogens with zero attached hydrogens (tertiary/aromatic N) is 1. The highest BCUT2D eigenvalue weighted by Gasteiger charge is 2.25. The van der Waals surface area contributed by atoms with Crippen molar-refractivity contribution >= 4 is 5.91 Å². The second-order valence-electron chi connectivity index (χ2n) is 5.70. The fraction of sp³-hybridized carbons (Fsp3) is 0.923. The number of hydrogen-bond donors (Lipinski definition) is 2. The summed E-state index contributed by atoms with van der Waals surface area (Å²) in [7, 11) is 0. The van der Waals surface area contributed by atoms with Crippen molar-refractivity contribution < 1.29 is 4.79 Å². The standard InChI is InChI=1S/C13H25N3O/c1-10-3-2-4-12(10)15-13(17)9-16-7-5-11(14)6-8-16/h10-12H,2-9,14H2,1H3,(H,15,17). The molecular weight excluding hydrogens is 214 g/mol. The van der Waals surface area contributed by atoms with Gasteiger partial charge in [-0.2, -0.15) is 0 Å². The van der Waals surface area contributed by atoms with Gasteiger partial charge in [-0.1, -0.05) is 13.3 Å². The van der Waals surface area contributed by atoms with E-state index in [4.69, 9.17) is 5.73 Å². The van der Waals surface area contributed by atoms with Gasteiger partial charge >= 0.3 is 0 Å². The number of amides is 1. The summed E-state index contributed by atoms with van der Waals surface area (Å²) in [4.78, 5) is 14.1. The summed E-state index contributed by atoms with van der Waals surface area (Å²) < 4.78 is 0. The molecule has 2 atom stereocenters. The molecule has 3 N–H and O–H groups in total. The molecule has 0 spiro atoms. The summed E-state index contributed by atoms with van der Waals surface area (Å²) in [6, 6.07) is 0.749. The van der Waals surface area contributed by atoms with Crippen molar-refractivity contribution in [3.63, 3.8) is 0 Å². The number of rotatable bonds is 3. The van der Waals surface area contributed by atoms with Crippen LogP contribution in [0.1, 0.15) is 39.0 Å². The van der Waals surface area contributed by atoms with Crippen LogP contribution >= 0.6 is 0 Å². The molecule has 4 heteroatoms. The average Bonchev–Trinajstić information content (AvgIpc) is 2.68. The lowest BCUT2D eigenvalue weighted by molar-refractivity contribution is -0.123. The lowest BCUT2D eigenvalue weighted by atomic mass is 10.1. The highest BCUT2D eigenvalue weighted by atomic mass is 16.2. The molecule has 0 bridgehead atoms. The van der Waals surface area contributed by atoms with E-state index in [0.29, 0.717) is 24.5 Å². The van der Waals surface area contributed by atoms with Gasteiger partial charge in [-0.05, 0) is 31.6 Å². The third-order valence-corrected chi connectivity index (χ3v) is 4.21. The van der Waals surface area contributed by atoms with E-state index in [1.54, 1.807) is 0 Å². The molecule has 17 heavy (non-hydrogen) atoms. The highest BCUT2D eigenvalue weighted by Crippen LogP contribution is 2.24. The molecule has 1 heterocycles. The lowest BCUT2D eigenvalue weighted by Gasteiger charge is -2.30. The van der Waals surface area contributed by atoms with E-state index in [9.17, 15) is 4.79 Å². The van der Waals surface area contributed by atoms with Crippen LogP contribution in [0.5, 0.6) is 0 Å². The number of hydrogen-bond acceptors (Lipinski definition) is 3. The zero-order valence-electron chi connectivity index (χ0n) is 10.8. The first-order valence-corrected chi connectivity index (χ1v) is 6.92. The molecule has 0 aromatic rings. The van der Waals surface area contributed by atoms with Gasteiger partial charge in [0.25, 0.3) is 0 Å². The van der Waals surface area contributed by atoms with Crippen LogP contribution in [0.3, 0.4) is 0 Å². The quantitative estimate of drug-likeness (QED) is 0.763. The van der Waals surface area contributed by atoms with E-state index in [0.717, 1.165) is 32.4 Å². The molecule has 2 unspecified atom stereocenters. The Kier molecular flexibility index (Phi) is 4.40. The van der Waals surface area contributed by atoms with Crippen LogP contribution in [0, 0.1) is 5.92 Å². The van der Waals surface area contributed by atoms with Gasteiger partial charge in [-0.3, -0.25) is 9.69 Å². The zero-order chi connectivity index (χ0) is 12.3. The fourth-order valence-electron chi connectivity index (χ4n) is 2.93. The van der Waals surface area contributed by atoms with Crippen molar-refractivity contribution in [1.29, 1.82) is 0 Å². The van der Waals surface area contributed by atoms with Gasteiger partial charge in [-0.15, -0.1) is 0 Å². The van der Waals surface area contributed by atoms with E-state index in [1.165, 1.54) is 12.8 Å². The predicted octanol–water partition coefficient (Wildman–Crippen LogP) is 0.714. The van der Waals surface area contributed by atoms with Gasteiger partial charge in [0.2, 0.25) is 5.91 Å². The highest BCUT2D eigenvalue weighted by molar-refractivity contribution is 5.78. The van der Waals surface area contributed by atoms with Gasteiger partial charge in [0.15, 0.2) is 0 Å². The van der Waals surface area contributed by atoms with Gasteiger partial charge < -0.3 is 11.1 Å². The Balaban J connectivity index is 1.70. The number of carbonyl (C=O) groups excluding carboxylic acids is 1. The van der Waals surface area contributed by atoms with Crippen LogP contribution in [0.25, 0.3) is 0 Å². The summed E-state index contributed by atoms with van der Waals surface area (Å²) in [5.41, 5.74) is 5.85. The average molecular weight is 239 g/mol. The Labute approximate surface area is 104 Å². The van der Waals surface area contributed by atoms with E-state index in [1.807, 2.05) is 0 Å². The summed E-state index contributed by atoms with van der Waals surface area (Å²) in [5, 5.41) is 3.18. The maximum atomic E-state index is 11.9. The van der Waals surface area contributed by atoms with Crippen molar-refractivity contribution in [2.24, 2.45) is 11.7 Å². The number of nitrogens with one attached hydrogen (secondary N) is 1. The van der Waals surface area contributed by atoms with Crippen LogP contribution in [-0.2, 0) is 4.79 Å². The second-order valence-corrected chi connectivity index (χ2v) is 5.70. The van der Waals surface area contributed by atoms with Gasteiger partial charge in [0, 0.05) is 25.2 Å². The molecule has 4 nitrogen and oxygen atoms in total. The van der Waals surface area contributed by atoms with E-state index in [2.05, 4.69) is 17.1 Å². The molecule has 1 amide bonds. The third-order valence-electron chi connectivity index (χ3n) is 4.21. The Morgan fingerprint density at radius 1 is 1.29 bits per heavy atom. The maximum absolute atomic E-state index is 11.9. The first kappa shape index (κ1) is 12.8. The Bertz CT molecular complexity index is 261. The van der Waals surface area contributed by atoms with Crippen LogP contribution in [0.2, 0.25) is 0 Å². The Morgan fingerprint density at radius 2 is 2.00 bits per heavy atom. The molecule has 1 saturated heterocycles. The van der Waals surface area contributed by atoms with Crippen molar-refractivity contribution in [1.82, 2.24) is 10.2 Å². The topological polar surface area (TPSA) is 58.4 Å². The third kappa shape index (κ3) is 3.68. The molecule has 2 aliphatic rings. The predicted molar refractivity (Wildman–Crippen MR) is 68.6 cm³/mol. The SMILES string of the molecule is CC1CCCC1NC(=O)CN1CCC(N)CC1. The first-order valence-electron chi connectivity index (χ1n) is 6.92. The summed E-state index contributed by atoms with van der Waals surface area (Å²) in [6.07, 6.45) is 5.70. The maximum Gasteiger partial charge on any atom is 0.234 e. The van der Waals surface area contributed by atoms with Crippen molar-refractivity contribution in [3.8, 4) is 0 Å². The molecule has 0 aromatic carbocycles. The smallest absolute Gasteiger partial charge is 0.234 e. The van der Waals surface area contributed by atoms with Gasteiger partial charge in [0.05, 0.1) is 6.54 Å². The Hall–Kier alpha value is -0.610. The molecule has 2 rings (SSSR count). The summed E-state index contributed by atoms with van der Waals surface area (Å²) >= 11 is 0. The number of likely N-dealkylation sites (tertiary alicyclic amines) is 1. The monoisotopic (exact) mass is 239 g/mol. The molecule has 0 aromatic heterocycles. The molecular formula is C13H25N3O. The molecule has 1 aliphatic carbocycles. The van der Waals surface area contributed by atoms with Crippen LogP contribution in [-0.4, -0.2) is 42.5 Å². The van der Waals surface area contributed by atoms with Crippen molar-refractivity contribution in [3.05, 3.63) is 0 Å². The van der Waals surface area contributed by atoms with Crippen LogP contribution < -0.4 is 11.1 Å². The molecule has 2 fully saturated rings. The number of piperidine rings is 1. The number of carbonyl (C=O) groups is 1. The minimum absolute atomic E-state index is 0.194. The largest absolute Gasteiger partial charge is 0.352 e. The van der Waals surface area contributed by atoms with E-state index in [-0.39, 0.29) is 5.91 Å². The van der Waals surface area contributed by atoms with Gasteiger partial charge in [-0.25, -0.2) is 0 Å². The van der Waals surface area contributed by atoms with E-state index < -0.39 is 0 Å². The van der Waals surface area contributed by atoms with Crippen molar-refractivity contribution in [2.45, 2.75) is 51.1 Å².